The lowest BCUT2D eigenvalue weighted by Gasteiger charge is -2.38. The van der Waals surface area contributed by atoms with Gasteiger partial charge in [0.25, 0.3) is 0 Å². The van der Waals surface area contributed by atoms with Crippen LogP contribution in [-0.4, -0.2) is 72.2 Å². The SMILES string of the molecule is CNC(C)C(=O)N1CCN(CC(C)(C)O)CC1. The molecule has 1 aliphatic heterocycles. The molecular weight excluding hydrogens is 218 g/mol. The number of aliphatic hydroxyl groups is 1. The number of amides is 1. The second-order valence-electron chi connectivity index (χ2n) is 5.42. The van der Waals surface area contributed by atoms with Gasteiger partial charge in [0.2, 0.25) is 5.91 Å². The molecule has 0 aromatic carbocycles. The van der Waals surface area contributed by atoms with Gasteiger partial charge in [-0.05, 0) is 27.8 Å². The molecule has 0 spiro atoms. The molecule has 1 rings (SSSR count). The van der Waals surface area contributed by atoms with Crippen LogP contribution in [0.1, 0.15) is 20.8 Å². The zero-order chi connectivity index (χ0) is 13.1. The molecule has 100 valence electrons. The molecule has 0 bridgehead atoms. The van der Waals surface area contributed by atoms with Crippen LogP contribution in [-0.2, 0) is 4.79 Å². The Labute approximate surface area is 104 Å². The number of β-amino-alcohol motifs (C(OH)–C–C–N with tert-alkyl or cyclic N) is 1. The number of rotatable bonds is 4. The van der Waals surface area contributed by atoms with Crippen molar-refractivity contribution in [1.29, 1.82) is 0 Å². The molecule has 1 saturated heterocycles. The highest BCUT2D eigenvalue weighted by molar-refractivity contribution is 5.81. The van der Waals surface area contributed by atoms with Gasteiger partial charge in [0, 0.05) is 32.7 Å². The predicted molar refractivity (Wildman–Crippen MR) is 67.8 cm³/mol. The van der Waals surface area contributed by atoms with E-state index in [1.165, 1.54) is 0 Å². The van der Waals surface area contributed by atoms with Gasteiger partial charge in [-0.2, -0.15) is 0 Å². The lowest BCUT2D eigenvalue weighted by Crippen LogP contribution is -2.54. The number of piperazine rings is 1. The second kappa shape index (κ2) is 5.80. The summed E-state index contributed by atoms with van der Waals surface area (Å²) in [5.41, 5.74) is -0.662. The molecular formula is C12H25N3O2. The van der Waals surface area contributed by atoms with E-state index in [4.69, 9.17) is 0 Å². The Morgan fingerprint density at radius 2 is 1.88 bits per heavy atom. The maximum atomic E-state index is 11.9. The van der Waals surface area contributed by atoms with Gasteiger partial charge >= 0.3 is 0 Å². The van der Waals surface area contributed by atoms with E-state index in [1.54, 1.807) is 7.05 Å². The van der Waals surface area contributed by atoms with E-state index in [1.807, 2.05) is 25.7 Å². The van der Waals surface area contributed by atoms with Crippen molar-refractivity contribution in [3.8, 4) is 0 Å². The first-order valence-electron chi connectivity index (χ1n) is 6.24. The third-order valence-corrected chi connectivity index (χ3v) is 3.10. The van der Waals surface area contributed by atoms with Crippen LogP contribution in [0.3, 0.4) is 0 Å². The van der Waals surface area contributed by atoms with E-state index in [2.05, 4.69) is 10.2 Å². The van der Waals surface area contributed by atoms with Gasteiger partial charge < -0.3 is 15.3 Å². The summed E-state index contributed by atoms with van der Waals surface area (Å²) in [4.78, 5) is 16.0. The summed E-state index contributed by atoms with van der Waals surface area (Å²) in [7, 11) is 1.80. The average Bonchev–Trinajstić information content (AvgIpc) is 2.26. The third-order valence-electron chi connectivity index (χ3n) is 3.10. The van der Waals surface area contributed by atoms with E-state index >= 15 is 0 Å². The lowest BCUT2D eigenvalue weighted by molar-refractivity contribution is -0.135. The Balaban J connectivity index is 2.38. The number of hydrogen-bond donors (Lipinski definition) is 2. The summed E-state index contributed by atoms with van der Waals surface area (Å²) < 4.78 is 0. The lowest BCUT2D eigenvalue weighted by atomic mass is 10.1. The summed E-state index contributed by atoms with van der Waals surface area (Å²) in [5.74, 6) is 0.162. The molecule has 5 heteroatoms. The smallest absolute Gasteiger partial charge is 0.239 e. The first-order valence-corrected chi connectivity index (χ1v) is 6.24. The van der Waals surface area contributed by atoms with Crippen LogP contribution in [0.5, 0.6) is 0 Å². The number of likely N-dealkylation sites (N-methyl/N-ethyl adjacent to an activating group) is 1. The van der Waals surface area contributed by atoms with Crippen molar-refractivity contribution < 1.29 is 9.90 Å². The molecule has 1 aliphatic rings. The minimum atomic E-state index is -0.662. The van der Waals surface area contributed by atoms with Crippen molar-refractivity contribution in [2.45, 2.75) is 32.4 Å². The fourth-order valence-electron chi connectivity index (χ4n) is 2.07. The fourth-order valence-corrected chi connectivity index (χ4v) is 2.07. The van der Waals surface area contributed by atoms with E-state index < -0.39 is 5.60 Å². The summed E-state index contributed by atoms with van der Waals surface area (Å²) in [6, 6.07) is -0.115. The summed E-state index contributed by atoms with van der Waals surface area (Å²) in [5, 5.41) is 12.7. The highest BCUT2D eigenvalue weighted by Crippen LogP contribution is 2.09. The zero-order valence-electron chi connectivity index (χ0n) is 11.4. The molecule has 2 N–H and O–H groups in total. The van der Waals surface area contributed by atoms with E-state index in [0.717, 1.165) is 26.2 Å². The van der Waals surface area contributed by atoms with Crippen LogP contribution < -0.4 is 5.32 Å². The maximum Gasteiger partial charge on any atom is 0.239 e. The van der Waals surface area contributed by atoms with Crippen LogP contribution in [0.4, 0.5) is 0 Å². The number of nitrogens with one attached hydrogen (secondary N) is 1. The van der Waals surface area contributed by atoms with Gasteiger partial charge in [-0.3, -0.25) is 9.69 Å². The van der Waals surface area contributed by atoms with Crippen LogP contribution in [0.2, 0.25) is 0 Å². The third kappa shape index (κ3) is 4.61. The largest absolute Gasteiger partial charge is 0.389 e. The van der Waals surface area contributed by atoms with E-state index in [0.29, 0.717) is 6.54 Å². The normalized spacial score (nSPS) is 20.4. The number of carbonyl (C=O) groups is 1. The minimum absolute atomic E-state index is 0.115. The van der Waals surface area contributed by atoms with E-state index in [9.17, 15) is 9.90 Å². The number of nitrogens with zero attached hydrogens (tertiary/aromatic N) is 2. The summed E-state index contributed by atoms with van der Waals surface area (Å²) in [6.07, 6.45) is 0. The molecule has 1 atom stereocenters. The van der Waals surface area contributed by atoms with Gasteiger partial charge in [-0.1, -0.05) is 0 Å². The Hall–Kier alpha value is -0.650. The van der Waals surface area contributed by atoms with E-state index in [-0.39, 0.29) is 11.9 Å². The van der Waals surface area contributed by atoms with Crippen molar-refractivity contribution >= 4 is 5.91 Å². The maximum absolute atomic E-state index is 11.9. The molecule has 0 aromatic rings. The Morgan fingerprint density at radius 3 is 2.29 bits per heavy atom. The number of hydrogen-bond acceptors (Lipinski definition) is 4. The Morgan fingerprint density at radius 1 is 1.35 bits per heavy atom. The summed E-state index contributed by atoms with van der Waals surface area (Å²) in [6.45, 7) is 9.35. The molecule has 1 amide bonds. The molecule has 0 aromatic heterocycles. The van der Waals surface area contributed by atoms with Crippen molar-refractivity contribution in [1.82, 2.24) is 15.1 Å². The summed E-state index contributed by atoms with van der Waals surface area (Å²) >= 11 is 0. The van der Waals surface area contributed by atoms with Crippen LogP contribution in [0.25, 0.3) is 0 Å². The van der Waals surface area contributed by atoms with Gasteiger partial charge in [0.15, 0.2) is 0 Å². The van der Waals surface area contributed by atoms with Crippen LogP contribution >= 0.6 is 0 Å². The Bertz CT molecular complexity index is 255. The molecule has 0 aliphatic carbocycles. The molecule has 5 nitrogen and oxygen atoms in total. The van der Waals surface area contributed by atoms with Crippen molar-refractivity contribution in [2.75, 3.05) is 39.8 Å². The predicted octanol–water partition coefficient (Wildman–Crippen LogP) is -0.491. The first-order chi connectivity index (χ1) is 7.83. The molecule has 17 heavy (non-hydrogen) atoms. The number of carbonyl (C=O) groups excluding carboxylic acids is 1. The standard InChI is InChI=1S/C12H25N3O2/c1-10(13-4)11(16)15-7-5-14(6-8-15)9-12(2,3)17/h10,13,17H,5-9H2,1-4H3. The Kier molecular flexibility index (Phi) is 4.91. The minimum Gasteiger partial charge on any atom is -0.389 e. The van der Waals surface area contributed by atoms with Crippen molar-refractivity contribution in [3.05, 3.63) is 0 Å². The van der Waals surface area contributed by atoms with Gasteiger partial charge in [-0.25, -0.2) is 0 Å². The molecule has 0 radical (unpaired) electrons. The molecule has 1 unspecified atom stereocenters. The molecule has 1 fully saturated rings. The highest BCUT2D eigenvalue weighted by Gasteiger charge is 2.26. The second-order valence-corrected chi connectivity index (χ2v) is 5.42. The highest BCUT2D eigenvalue weighted by atomic mass is 16.3. The van der Waals surface area contributed by atoms with Crippen molar-refractivity contribution in [2.24, 2.45) is 0 Å². The zero-order valence-corrected chi connectivity index (χ0v) is 11.4. The van der Waals surface area contributed by atoms with Crippen LogP contribution in [0.15, 0.2) is 0 Å². The monoisotopic (exact) mass is 243 g/mol. The quantitative estimate of drug-likeness (QED) is 0.699. The van der Waals surface area contributed by atoms with Crippen molar-refractivity contribution in [3.63, 3.8) is 0 Å². The molecule has 0 saturated carbocycles. The van der Waals surface area contributed by atoms with Gasteiger partial charge in [-0.15, -0.1) is 0 Å². The first kappa shape index (κ1) is 14.4. The average molecular weight is 243 g/mol. The molecule has 1 heterocycles. The fraction of sp³-hybridized carbons (Fsp3) is 0.917. The van der Waals surface area contributed by atoms with Gasteiger partial charge in [0.1, 0.15) is 0 Å². The topological polar surface area (TPSA) is 55.8 Å². The van der Waals surface area contributed by atoms with Gasteiger partial charge in [0.05, 0.1) is 11.6 Å². The van der Waals surface area contributed by atoms with Crippen LogP contribution in [0, 0.1) is 0 Å².